The number of ether oxygens (including phenoxy) is 1. The Balaban J connectivity index is 2.79. The second-order valence-corrected chi connectivity index (χ2v) is 6.62. The van der Waals surface area contributed by atoms with Crippen molar-refractivity contribution in [3.8, 4) is 5.75 Å². The Morgan fingerprint density at radius 3 is 2.48 bits per heavy atom. The van der Waals surface area contributed by atoms with Gasteiger partial charge in [0, 0.05) is 5.82 Å². The zero-order valence-corrected chi connectivity index (χ0v) is 16.0. The number of amides is 2. The molecule has 1 aromatic carbocycles. The lowest BCUT2D eigenvalue weighted by Crippen LogP contribution is -2.47. The van der Waals surface area contributed by atoms with E-state index in [1.165, 1.54) is 7.48 Å². The lowest BCUT2D eigenvalue weighted by Gasteiger charge is -2.21. The third-order valence-corrected chi connectivity index (χ3v) is 3.81. The predicted molar refractivity (Wildman–Crippen MR) is 106 cm³/mol. The van der Waals surface area contributed by atoms with Crippen LogP contribution >= 0.6 is 0 Å². The average molecular weight is 374 g/mol. The number of primary amides is 1. The van der Waals surface area contributed by atoms with E-state index in [0.717, 1.165) is 5.56 Å². The Bertz CT molecular complexity index is 607. The van der Waals surface area contributed by atoms with Gasteiger partial charge in [0.15, 0.2) is 0 Å². The molecule has 1 rings (SSSR count). The van der Waals surface area contributed by atoms with Gasteiger partial charge < -0.3 is 26.2 Å². The first kappa shape index (κ1) is 22.7. The van der Waals surface area contributed by atoms with Crippen LogP contribution in [0, 0.1) is 5.92 Å². The van der Waals surface area contributed by atoms with Gasteiger partial charge in [0.05, 0.1) is 6.73 Å². The molecule has 27 heavy (non-hydrogen) atoms. The number of nitrogens with two attached hydrogens (primary N) is 2. The van der Waals surface area contributed by atoms with Crippen LogP contribution in [0.4, 0.5) is 0 Å². The van der Waals surface area contributed by atoms with Crippen molar-refractivity contribution in [1.82, 2.24) is 5.32 Å². The molecular formula is C19H29BN3O4. The zero-order valence-electron chi connectivity index (χ0n) is 16.0. The second-order valence-electron chi connectivity index (χ2n) is 6.62. The lowest BCUT2D eigenvalue weighted by molar-refractivity contribution is -0.127. The summed E-state index contributed by atoms with van der Waals surface area (Å²) in [7, 11) is 1.39. The number of hydrogen-bond donors (Lipinski definition) is 3. The Morgan fingerprint density at radius 2 is 1.96 bits per heavy atom. The summed E-state index contributed by atoms with van der Waals surface area (Å²) in [5, 5.41) is 2.72. The Morgan fingerprint density at radius 1 is 1.30 bits per heavy atom. The molecule has 0 saturated heterocycles. The lowest BCUT2D eigenvalue weighted by atomic mass is 9.75. The molecule has 147 valence electrons. The van der Waals surface area contributed by atoms with Gasteiger partial charge in [0.1, 0.15) is 18.4 Å². The van der Waals surface area contributed by atoms with E-state index in [4.69, 9.17) is 20.9 Å². The van der Waals surface area contributed by atoms with E-state index in [0.29, 0.717) is 25.2 Å². The van der Waals surface area contributed by atoms with E-state index in [9.17, 15) is 9.59 Å². The molecule has 0 unspecified atom stereocenters. The van der Waals surface area contributed by atoms with Gasteiger partial charge in [-0.25, -0.2) is 0 Å². The predicted octanol–water partition coefficient (Wildman–Crippen LogP) is 1.15. The Labute approximate surface area is 161 Å². The molecule has 1 aromatic rings. The minimum atomic E-state index is -0.721. The third kappa shape index (κ3) is 8.75. The molecular weight excluding hydrogens is 345 g/mol. The molecule has 5 N–H and O–H groups in total. The number of benzene rings is 1. The normalized spacial score (nSPS) is 12.9. The SMILES string of the molecule is C=CCOc1ccc(C[C@H]([B]OCN)C(=O)N[C@@H](CC(C)C)C(N)=O)cc1. The molecule has 0 aliphatic rings. The minimum absolute atomic E-state index is 0.0383. The Kier molecular flexibility index (Phi) is 10.2. The van der Waals surface area contributed by atoms with Gasteiger partial charge >= 0.3 is 7.48 Å². The smallest absolute Gasteiger partial charge is 0.307 e. The number of rotatable bonds is 13. The number of hydrogen-bond acceptors (Lipinski definition) is 5. The fourth-order valence-electron chi connectivity index (χ4n) is 2.50. The van der Waals surface area contributed by atoms with Crippen LogP contribution in [0.2, 0.25) is 5.82 Å². The van der Waals surface area contributed by atoms with Crippen molar-refractivity contribution >= 4 is 19.3 Å². The summed E-state index contributed by atoms with van der Waals surface area (Å²) < 4.78 is 10.6. The van der Waals surface area contributed by atoms with Gasteiger partial charge in [-0.1, -0.05) is 38.6 Å². The molecule has 0 aliphatic heterocycles. The van der Waals surface area contributed by atoms with Crippen LogP contribution < -0.4 is 21.5 Å². The molecule has 0 spiro atoms. The van der Waals surface area contributed by atoms with Gasteiger partial charge in [0.25, 0.3) is 0 Å². The van der Waals surface area contributed by atoms with Gasteiger partial charge in [-0.2, -0.15) is 0 Å². The molecule has 0 fully saturated rings. The van der Waals surface area contributed by atoms with Crippen molar-refractivity contribution in [3.63, 3.8) is 0 Å². The van der Waals surface area contributed by atoms with Gasteiger partial charge in [-0.15, -0.1) is 0 Å². The maximum absolute atomic E-state index is 12.7. The summed E-state index contributed by atoms with van der Waals surface area (Å²) in [6, 6.07) is 6.66. The molecule has 8 heteroatoms. The monoisotopic (exact) mass is 374 g/mol. The highest BCUT2D eigenvalue weighted by atomic mass is 16.5. The number of carbonyl (C=O) groups excluding carboxylic acids is 2. The van der Waals surface area contributed by atoms with Crippen LogP contribution in [0.3, 0.4) is 0 Å². The van der Waals surface area contributed by atoms with Crippen LogP contribution in [0.25, 0.3) is 0 Å². The molecule has 0 bridgehead atoms. The first-order valence-electron chi connectivity index (χ1n) is 8.94. The van der Waals surface area contributed by atoms with Crippen LogP contribution in [0.1, 0.15) is 25.8 Å². The summed E-state index contributed by atoms with van der Waals surface area (Å²) >= 11 is 0. The second kappa shape index (κ2) is 12.1. The van der Waals surface area contributed by atoms with Crippen molar-refractivity contribution in [3.05, 3.63) is 42.5 Å². The maximum Gasteiger partial charge on any atom is 0.307 e. The topological polar surface area (TPSA) is 117 Å². The van der Waals surface area contributed by atoms with Gasteiger partial charge in [-0.3, -0.25) is 9.59 Å². The van der Waals surface area contributed by atoms with Crippen molar-refractivity contribution in [2.24, 2.45) is 17.4 Å². The fraction of sp³-hybridized carbons (Fsp3) is 0.474. The van der Waals surface area contributed by atoms with Gasteiger partial charge in [-0.05, 0) is 36.5 Å². The van der Waals surface area contributed by atoms with Crippen LogP contribution in [-0.4, -0.2) is 38.7 Å². The standard InChI is InChI=1S/C19H29BN3O4/c1-4-9-26-15-7-5-14(6-8-15)11-16(20-27-12-21)19(25)23-17(18(22)24)10-13(2)3/h4-8,13,16-17H,1,9-12,21H2,2-3H3,(H2,22,24)(H,23,25)/t16-,17-/m0/s1. The molecule has 0 aliphatic carbocycles. The first-order chi connectivity index (χ1) is 12.9. The highest BCUT2D eigenvalue weighted by Crippen LogP contribution is 2.18. The summed E-state index contributed by atoms with van der Waals surface area (Å²) in [5.41, 5.74) is 11.7. The summed E-state index contributed by atoms with van der Waals surface area (Å²) in [6.45, 7) is 7.90. The van der Waals surface area contributed by atoms with Crippen molar-refractivity contribution in [1.29, 1.82) is 0 Å². The molecule has 0 saturated carbocycles. The van der Waals surface area contributed by atoms with Crippen LogP contribution in [0.5, 0.6) is 5.75 Å². The largest absolute Gasteiger partial charge is 0.490 e. The summed E-state index contributed by atoms with van der Waals surface area (Å²) in [4.78, 5) is 24.3. The molecule has 7 nitrogen and oxygen atoms in total. The first-order valence-corrected chi connectivity index (χ1v) is 8.94. The summed E-state index contributed by atoms with van der Waals surface area (Å²) in [6.07, 6.45) is 2.53. The Hall–Kier alpha value is -2.32. The van der Waals surface area contributed by atoms with Crippen molar-refractivity contribution < 1.29 is 19.0 Å². The highest BCUT2D eigenvalue weighted by molar-refractivity contribution is 6.37. The van der Waals surface area contributed by atoms with E-state index in [1.807, 2.05) is 38.1 Å². The fourth-order valence-corrected chi connectivity index (χ4v) is 2.50. The average Bonchev–Trinajstić information content (AvgIpc) is 2.63. The van der Waals surface area contributed by atoms with E-state index >= 15 is 0 Å². The van der Waals surface area contributed by atoms with E-state index < -0.39 is 17.8 Å². The summed E-state index contributed by atoms with van der Waals surface area (Å²) in [5.74, 6) is -0.567. The molecule has 0 aromatic heterocycles. The van der Waals surface area contributed by atoms with Crippen molar-refractivity contribution in [2.75, 3.05) is 13.3 Å². The minimum Gasteiger partial charge on any atom is -0.490 e. The number of carbonyl (C=O) groups is 2. The van der Waals surface area contributed by atoms with E-state index in [-0.39, 0.29) is 18.6 Å². The molecule has 1 radical (unpaired) electrons. The third-order valence-electron chi connectivity index (χ3n) is 3.81. The zero-order chi connectivity index (χ0) is 20.2. The van der Waals surface area contributed by atoms with Crippen LogP contribution in [0.15, 0.2) is 36.9 Å². The quantitative estimate of drug-likeness (QED) is 0.272. The van der Waals surface area contributed by atoms with E-state index in [2.05, 4.69) is 11.9 Å². The van der Waals surface area contributed by atoms with Crippen molar-refractivity contribution in [2.45, 2.75) is 38.5 Å². The van der Waals surface area contributed by atoms with E-state index in [1.54, 1.807) is 6.08 Å². The van der Waals surface area contributed by atoms with Crippen LogP contribution in [-0.2, 0) is 20.7 Å². The molecule has 2 amide bonds. The van der Waals surface area contributed by atoms with Gasteiger partial charge in [0.2, 0.25) is 11.8 Å². The number of nitrogens with one attached hydrogen (secondary N) is 1. The highest BCUT2D eigenvalue weighted by Gasteiger charge is 2.26. The maximum atomic E-state index is 12.7. The molecule has 2 atom stereocenters. The molecule has 0 heterocycles.